The van der Waals surface area contributed by atoms with Crippen molar-refractivity contribution in [3.8, 4) is 5.82 Å². The van der Waals surface area contributed by atoms with Gasteiger partial charge in [0, 0.05) is 0 Å². The van der Waals surface area contributed by atoms with E-state index in [4.69, 9.17) is 0 Å². The van der Waals surface area contributed by atoms with Gasteiger partial charge in [0.2, 0.25) is 0 Å². The van der Waals surface area contributed by atoms with Gasteiger partial charge < -0.3 is 5.32 Å². The van der Waals surface area contributed by atoms with E-state index < -0.39 is 0 Å². The number of nitrogens with zero attached hydrogens (tertiary/aromatic N) is 5. The Labute approximate surface area is 124 Å². The van der Waals surface area contributed by atoms with Crippen molar-refractivity contribution >= 4 is 21.6 Å². The van der Waals surface area contributed by atoms with Crippen molar-refractivity contribution in [1.82, 2.24) is 24.7 Å². The molecule has 0 aliphatic carbocycles. The molecule has 100 valence electrons. The largest absolute Gasteiger partial charge is 0.378 e. The molecule has 3 heterocycles. The highest BCUT2D eigenvalue weighted by Gasteiger charge is 2.00. The van der Waals surface area contributed by atoms with Crippen LogP contribution in [0.25, 0.3) is 5.82 Å². The van der Waals surface area contributed by atoms with Crippen LogP contribution in [-0.4, -0.2) is 24.7 Å². The highest BCUT2D eigenvalue weighted by atomic mass is 79.9. The second kappa shape index (κ2) is 5.79. The predicted octanol–water partition coefficient (Wildman–Crippen LogP) is 2.43. The quantitative estimate of drug-likeness (QED) is 0.744. The number of aromatic nitrogens is 5. The molecule has 3 aromatic rings. The molecule has 0 aliphatic heterocycles. The molecule has 1 N–H and O–H groups in total. The minimum Gasteiger partial charge on any atom is -0.378 e. The van der Waals surface area contributed by atoms with E-state index in [1.54, 1.807) is 17.2 Å². The molecule has 0 bridgehead atoms. The van der Waals surface area contributed by atoms with E-state index in [-0.39, 0.29) is 0 Å². The average Bonchev–Trinajstić information content (AvgIpc) is 3.00. The Balaban J connectivity index is 1.67. The Hall–Kier alpha value is -2.28. The Morgan fingerprint density at radius 1 is 1.20 bits per heavy atom. The first-order valence-corrected chi connectivity index (χ1v) is 6.77. The van der Waals surface area contributed by atoms with Crippen molar-refractivity contribution in [1.29, 1.82) is 0 Å². The molecule has 0 unspecified atom stereocenters. The number of halogens is 1. The molecule has 0 aromatic carbocycles. The lowest BCUT2D eigenvalue weighted by Crippen LogP contribution is -2.03. The van der Waals surface area contributed by atoms with Gasteiger partial charge in [0.15, 0.2) is 5.82 Å². The lowest BCUT2D eigenvalue weighted by Gasteiger charge is -2.06. The van der Waals surface area contributed by atoms with Gasteiger partial charge >= 0.3 is 0 Å². The fourth-order valence-corrected chi connectivity index (χ4v) is 2.07. The van der Waals surface area contributed by atoms with E-state index in [9.17, 15) is 0 Å². The van der Waals surface area contributed by atoms with E-state index >= 15 is 0 Å². The number of hydrogen-bond acceptors (Lipinski definition) is 5. The first kappa shape index (κ1) is 12.7. The Kier molecular flexibility index (Phi) is 3.69. The maximum absolute atomic E-state index is 4.36. The van der Waals surface area contributed by atoms with Crippen molar-refractivity contribution in [3.63, 3.8) is 0 Å². The van der Waals surface area contributed by atoms with Crippen molar-refractivity contribution in [3.05, 3.63) is 59.5 Å². The molecule has 6 nitrogen and oxygen atoms in total. The lowest BCUT2D eigenvalue weighted by molar-refractivity contribution is 0.845. The Morgan fingerprint density at radius 2 is 2.15 bits per heavy atom. The molecular formula is C13H11BrN6. The zero-order valence-electron chi connectivity index (χ0n) is 10.4. The predicted molar refractivity (Wildman–Crippen MR) is 78.4 cm³/mol. The zero-order chi connectivity index (χ0) is 13.8. The van der Waals surface area contributed by atoms with E-state index in [2.05, 4.69) is 41.3 Å². The highest BCUT2D eigenvalue weighted by molar-refractivity contribution is 9.10. The first-order valence-electron chi connectivity index (χ1n) is 5.97. The normalized spacial score (nSPS) is 10.4. The average molecular weight is 331 g/mol. The van der Waals surface area contributed by atoms with Crippen LogP contribution >= 0.6 is 15.9 Å². The summed E-state index contributed by atoms with van der Waals surface area (Å²) >= 11 is 3.35. The molecule has 0 atom stereocenters. The first-order chi connectivity index (χ1) is 9.81. The Bertz CT molecular complexity index is 680. The summed E-state index contributed by atoms with van der Waals surface area (Å²) in [7, 11) is 0. The van der Waals surface area contributed by atoms with Crippen LogP contribution < -0.4 is 5.32 Å². The maximum Gasteiger partial charge on any atom is 0.155 e. The van der Waals surface area contributed by atoms with E-state index in [1.165, 1.54) is 6.33 Å². The lowest BCUT2D eigenvalue weighted by atomic mass is 10.3. The van der Waals surface area contributed by atoms with Gasteiger partial charge in [-0.2, -0.15) is 5.10 Å². The Morgan fingerprint density at radius 3 is 2.85 bits per heavy atom. The maximum atomic E-state index is 4.36. The van der Waals surface area contributed by atoms with Gasteiger partial charge in [0.25, 0.3) is 0 Å². The summed E-state index contributed by atoms with van der Waals surface area (Å²) in [6.07, 6.45) is 4.85. The third kappa shape index (κ3) is 3.00. The SMILES string of the molecule is Brc1cccc(CNc2ccc(-n3cncn3)nc2)n1. The van der Waals surface area contributed by atoms with Crippen LogP contribution in [0.15, 0.2) is 53.8 Å². The fourth-order valence-electron chi connectivity index (χ4n) is 1.69. The monoisotopic (exact) mass is 330 g/mol. The summed E-state index contributed by atoms with van der Waals surface area (Å²) in [4.78, 5) is 12.6. The number of anilines is 1. The number of rotatable bonds is 4. The molecule has 3 rings (SSSR count). The molecule has 0 aliphatic rings. The highest BCUT2D eigenvalue weighted by Crippen LogP contribution is 2.11. The minimum absolute atomic E-state index is 0.643. The minimum atomic E-state index is 0.643. The molecule has 0 saturated heterocycles. The summed E-state index contributed by atoms with van der Waals surface area (Å²) in [5.41, 5.74) is 1.88. The molecule has 7 heteroatoms. The molecule has 0 spiro atoms. The van der Waals surface area contributed by atoms with E-state index in [1.807, 2.05) is 30.3 Å². The van der Waals surface area contributed by atoms with Crippen molar-refractivity contribution < 1.29 is 0 Å². The molecule has 0 saturated carbocycles. The van der Waals surface area contributed by atoms with Gasteiger partial charge in [-0.05, 0) is 40.2 Å². The second-order valence-electron chi connectivity index (χ2n) is 4.05. The van der Waals surface area contributed by atoms with Crippen molar-refractivity contribution in [2.24, 2.45) is 0 Å². The third-order valence-corrected chi connectivity index (χ3v) is 3.09. The van der Waals surface area contributed by atoms with E-state index in [0.717, 1.165) is 21.8 Å². The molecule has 0 fully saturated rings. The van der Waals surface area contributed by atoms with Crippen molar-refractivity contribution in [2.75, 3.05) is 5.32 Å². The molecular weight excluding hydrogens is 320 g/mol. The van der Waals surface area contributed by atoms with Crippen LogP contribution in [0.3, 0.4) is 0 Å². The molecule has 3 aromatic heterocycles. The number of hydrogen-bond donors (Lipinski definition) is 1. The topological polar surface area (TPSA) is 68.5 Å². The standard InChI is InChI=1S/C13H11BrN6/c14-12-3-1-2-11(19-12)7-16-10-4-5-13(17-6-10)20-9-15-8-18-20/h1-6,8-9,16H,7H2. The number of pyridine rings is 2. The zero-order valence-corrected chi connectivity index (χ0v) is 12.0. The molecule has 20 heavy (non-hydrogen) atoms. The van der Waals surface area contributed by atoms with Gasteiger partial charge in [0.05, 0.1) is 24.1 Å². The van der Waals surface area contributed by atoms with Crippen LogP contribution in [0.4, 0.5) is 5.69 Å². The summed E-state index contributed by atoms with van der Waals surface area (Å²) in [6.45, 7) is 0.643. The summed E-state index contributed by atoms with van der Waals surface area (Å²) in [5.74, 6) is 0.730. The molecule has 0 radical (unpaired) electrons. The van der Waals surface area contributed by atoms with Crippen LogP contribution in [0.5, 0.6) is 0 Å². The van der Waals surface area contributed by atoms with Gasteiger partial charge in [-0.1, -0.05) is 6.07 Å². The van der Waals surface area contributed by atoms with E-state index in [0.29, 0.717) is 6.54 Å². The molecule has 0 amide bonds. The summed E-state index contributed by atoms with van der Waals surface area (Å²) in [6, 6.07) is 9.65. The smallest absolute Gasteiger partial charge is 0.155 e. The van der Waals surface area contributed by atoms with Gasteiger partial charge in [-0.15, -0.1) is 0 Å². The number of nitrogens with one attached hydrogen (secondary N) is 1. The third-order valence-electron chi connectivity index (χ3n) is 2.65. The van der Waals surface area contributed by atoms with Crippen LogP contribution in [0.1, 0.15) is 5.69 Å². The van der Waals surface area contributed by atoms with Crippen molar-refractivity contribution in [2.45, 2.75) is 6.54 Å². The second-order valence-corrected chi connectivity index (χ2v) is 4.86. The van der Waals surface area contributed by atoms with Gasteiger partial charge in [-0.25, -0.2) is 19.6 Å². The van der Waals surface area contributed by atoms with Gasteiger partial charge in [-0.3, -0.25) is 0 Å². The van der Waals surface area contributed by atoms with Crippen LogP contribution in [0.2, 0.25) is 0 Å². The summed E-state index contributed by atoms with van der Waals surface area (Å²) in [5, 5.41) is 7.30. The van der Waals surface area contributed by atoms with Crippen LogP contribution in [0, 0.1) is 0 Å². The fraction of sp³-hybridized carbons (Fsp3) is 0.0769. The van der Waals surface area contributed by atoms with Crippen LogP contribution in [-0.2, 0) is 6.54 Å². The van der Waals surface area contributed by atoms with Gasteiger partial charge in [0.1, 0.15) is 17.3 Å². The summed E-state index contributed by atoms with van der Waals surface area (Å²) < 4.78 is 2.44.